The number of ether oxygens (including phenoxy) is 1. The highest BCUT2D eigenvalue weighted by molar-refractivity contribution is 4.86. The average molecular weight is 213 g/mol. The van der Waals surface area contributed by atoms with E-state index in [0.29, 0.717) is 6.04 Å². The molecule has 0 radical (unpaired) electrons. The van der Waals surface area contributed by atoms with Gasteiger partial charge in [0.1, 0.15) is 0 Å². The van der Waals surface area contributed by atoms with Crippen LogP contribution in [-0.4, -0.2) is 25.8 Å². The predicted molar refractivity (Wildman–Crippen MR) is 65.1 cm³/mol. The third-order valence-corrected chi connectivity index (χ3v) is 2.98. The number of hydrogen-bond acceptors (Lipinski definition) is 2. The molecule has 0 spiro atoms. The van der Waals surface area contributed by atoms with Gasteiger partial charge in [0.2, 0.25) is 0 Å². The Morgan fingerprint density at radius 3 is 2.60 bits per heavy atom. The van der Waals surface area contributed by atoms with E-state index in [9.17, 15) is 0 Å². The molecule has 0 aromatic heterocycles. The van der Waals surface area contributed by atoms with E-state index in [1.165, 1.54) is 25.7 Å². The summed E-state index contributed by atoms with van der Waals surface area (Å²) in [5.41, 5.74) is 0. The molecule has 2 nitrogen and oxygen atoms in total. The van der Waals surface area contributed by atoms with E-state index < -0.39 is 0 Å². The van der Waals surface area contributed by atoms with E-state index in [-0.39, 0.29) is 0 Å². The molecule has 0 aliphatic heterocycles. The molecule has 1 saturated carbocycles. The first-order chi connectivity index (χ1) is 7.24. The zero-order valence-electron chi connectivity index (χ0n) is 10.6. The van der Waals surface area contributed by atoms with Crippen LogP contribution in [0.1, 0.15) is 46.5 Å². The Hall–Kier alpha value is -0.0800. The van der Waals surface area contributed by atoms with Gasteiger partial charge in [-0.1, -0.05) is 20.8 Å². The third-order valence-electron chi connectivity index (χ3n) is 2.98. The van der Waals surface area contributed by atoms with Crippen molar-refractivity contribution in [1.82, 2.24) is 5.32 Å². The largest absolute Gasteiger partial charge is 0.380 e. The molecular formula is C13H27NO. The molecule has 1 atom stereocenters. The molecule has 2 heteroatoms. The molecule has 1 N–H and O–H groups in total. The van der Waals surface area contributed by atoms with Crippen molar-refractivity contribution in [2.75, 3.05) is 19.8 Å². The molecule has 90 valence electrons. The molecule has 0 heterocycles. The zero-order valence-corrected chi connectivity index (χ0v) is 10.6. The van der Waals surface area contributed by atoms with Crippen molar-refractivity contribution in [3.8, 4) is 0 Å². The Morgan fingerprint density at radius 2 is 2.07 bits per heavy atom. The summed E-state index contributed by atoms with van der Waals surface area (Å²) >= 11 is 0. The van der Waals surface area contributed by atoms with Gasteiger partial charge in [-0.25, -0.2) is 0 Å². The summed E-state index contributed by atoms with van der Waals surface area (Å²) in [7, 11) is 0. The minimum atomic E-state index is 0.622. The summed E-state index contributed by atoms with van der Waals surface area (Å²) in [6.07, 6.45) is 5.20. The van der Waals surface area contributed by atoms with E-state index in [1.807, 2.05) is 0 Å². The van der Waals surface area contributed by atoms with Gasteiger partial charge in [0.05, 0.1) is 6.61 Å². The molecule has 15 heavy (non-hydrogen) atoms. The second-order valence-corrected chi connectivity index (χ2v) is 5.16. The van der Waals surface area contributed by atoms with E-state index in [2.05, 4.69) is 26.1 Å². The van der Waals surface area contributed by atoms with Crippen LogP contribution in [0.4, 0.5) is 0 Å². The Bertz CT molecular complexity index is 155. The highest BCUT2D eigenvalue weighted by Crippen LogP contribution is 2.32. The summed E-state index contributed by atoms with van der Waals surface area (Å²) < 4.78 is 5.74. The van der Waals surface area contributed by atoms with Gasteiger partial charge < -0.3 is 10.1 Å². The number of hydrogen-bond donors (Lipinski definition) is 1. The average Bonchev–Trinajstić information content (AvgIpc) is 3.00. The topological polar surface area (TPSA) is 21.3 Å². The van der Waals surface area contributed by atoms with Crippen LogP contribution < -0.4 is 5.32 Å². The first kappa shape index (κ1) is 13.0. The molecule has 1 fully saturated rings. The summed E-state index contributed by atoms with van der Waals surface area (Å²) in [4.78, 5) is 0. The van der Waals surface area contributed by atoms with Crippen LogP contribution in [0.3, 0.4) is 0 Å². The van der Waals surface area contributed by atoms with Gasteiger partial charge in [-0.05, 0) is 44.1 Å². The number of rotatable bonds is 9. The van der Waals surface area contributed by atoms with Crippen molar-refractivity contribution in [3.05, 3.63) is 0 Å². The third kappa shape index (κ3) is 6.16. The highest BCUT2D eigenvalue weighted by Gasteiger charge is 2.30. The lowest BCUT2D eigenvalue weighted by Gasteiger charge is -2.18. The smallest absolute Gasteiger partial charge is 0.0622 e. The van der Waals surface area contributed by atoms with E-state index in [1.54, 1.807) is 0 Å². The monoisotopic (exact) mass is 213 g/mol. The SMILES string of the molecule is CCCNC(COCCC(C)C)C1CC1. The Kier molecular flexibility index (Phi) is 6.26. The standard InChI is InChI=1S/C13H27NO/c1-4-8-14-13(12-5-6-12)10-15-9-7-11(2)3/h11-14H,4-10H2,1-3H3. The molecule has 1 rings (SSSR count). The quantitative estimate of drug-likeness (QED) is 0.595. The lowest BCUT2D eigenvalue weighted by molar-refractivity contribution is 0.0967. The predicted octanol–water partition coefficient (Wildman–Crippen LogP) is 2.83. The molecular weight excluding hydrogens is 186 g/mol. The molecule has 0 aromatic rings. The van der Waals surface area contributed by atoms with Crippen molar-refractivity contribution in [2.45, 2.75) is 52.5 Å². The van der Waals surface area contributed by atoms with E-state index in [4.69, 9.17) is 4.74 Å². The minimum absolute atomic E-state index is 0.622. The molecule has 0 aromatic carbocycles. The fraction of sp³-hybridized carbons (Fsp3) is 1.00. The lowest BCUT2D eigenvalue weighted by Crippen LogP contribution is -2.36. The van der Waals surface area contributed by atoms with Gasteiger partial charge in [0.25, 0.3) is 0 Å². The highest BCUT2D eigenvalue weighted by atomic mass is 16.5. The lowest BCUT2D eigenvalue weighted by atomic mass is 10.1. The van der Waals surface area contributed by atoms with Gasteiger partial charge >= 0.3 is 0 Å². The normalized spacial score (nSPS) is 18.4. The van der Waals surface area contributed by atoms with Crippen LogP contribution in [0.5, 0.6) is 0 Å². The van der Waals surface area contributed by atoms with Crippen LogP contribution in [0.15, 0.2) is 0 Å². The van der Waals surface area contributed by atoms with Gasteiger partial charge in [-0.3, -0.25) is 0 Å². The van der Waals surface area contributed by atoms with Crippen molar-refractivity contribution < 1.29 is 4.74 Å². The second-order valence-electron chi connectivity index (χ2n) is 5.16. The van der Waals surface area contributed by atoms with Crippen LogP contribution >= 0.6 is 0 Å². The maximum atomic E-state index is 5.74. The van der Waals surface area contributed by atoms with Crippen LogP contribution in [0.25, 0.3) is 0 Å². The fourth-order valence-corrected chi connectivity index (χ4v) is 1.72. The van der Waals surface area contributed by atoms with Crippen molar-refractivity contribution >= 4 is 0 Å². The van der Waals surface area contributed by atoms with Gasteiger partial charge in [0.15, 0.2) is 0 Å². The molecule has 1 unspecified atom stereocenters. The van der Waals surface area contributed by atoms with Crippen LogP contribution in [-0.2, 0) is 4.74 Å². The van der Waals surface area contributed by atoms with Crippen LogP contribution in [0, 0.1) is 11.8 Å². The summed E-state index contributed by atoms with van der Waals surface area (Å²) in [6, 6.07) is 0.622. The van der Waals surface area contributed by atoms with Gasteiger partial charge in [-0.2, -0.15) is 0 Å². The fourth-order valence-electron chi connectivity index (χ4n) is 1.72. The molecule has 1 aliphatic rings. The molecule has 0 amide bonds. The Morgan fingerprint density at radius 1 is 1.33 bits per heavy atom. The van der Waals surface area contributed by atoms with Crippen molar-refractivity contribution in [3.63, 3.8) is 0 Å². The molecule has 0 saturated heterocycles. The van der Waals surface area contributed by atoms with Crippen LogP contribution in [0.2, 0.25) is 0 Å². The molecule has 1 aliphatic carbocycles. The van der Waals surface area contributed by atoms with Crippen molar-refractivity contribution in [2.24, 2.45) is 11.8 Å². The first-order valence-electron chi connectivity index (χ1n) is 6.55. The first-order valence-corrected chi connectivity index (χ1v) is 6.55. The summed E-state index contributed by atoms with van der Waals surface area (Å²) in [5.74, 6) is 1.66. The second kappa shape index (κ2) is 7.24. The summed E-state index contributed by atoms with van der Waals surface area (Å²) in [6.45, 7) is 9.69. The summed E-state index contributed by atoms with van der Waals surface area (Å²) in [5, 5.41) is 3.59. The minimum Gasteiger partial charge on any atom is -0.380 e. The zero-order chi connectivity index (χ0) is 11.1. The van der Waals surface area contributed by atoms with E-state index >= 15 is 0 Å². The Balaban J connectivity index is 2.03. The molecule has 0 bridgehead atoms. The van der Waals surface area contributed by atoms with Gasteiger partial charge in [0, 0.05) is 12.6 Å². The Labute approximate surface area is 94.8 Å². The van der Waals surface area contributed by atoms with E-state index in [0.717, 1.165) is 31.6 Å². The maximum absolute atomic E-state index is 5.74. The van der Waals surface area contributed by atoms with Gasteiger partial charge in [-0.15, -0.1) is 0 Å². The van der Waals surface area contributed by atoms with Crippen molar-refractivity contribution in [1.29, 1.82) is 0 Å². The number of nitrogens with one attached hydrogen (secondary N) is 1. The maximum Gasteiger partial charge on any atom is 0.0622 e.